The van der Waals surface area contributed by atoms with E-state index in [9.17, 15) is 28.8 Å². The number of benzene rings is 10. The summed E-state index contributed by atoms with van der Waals surface area (Å²) in [5.74, 6) is 3.83. The standard InChI is InChI=1S/C33H32O5.2C27H28O4/c1-21-19-26(11-17-30(21)36-6)33(4,5)27-12-18-31(22(2)20-27)38-32(35)25-9-15-29(16-10-25)37-28-13-7-24(8-14-28)23(3)34;1-17-15-22(11-13-24(17)30-6)27(4,5)23-12-14-25(18(2)16-23)31-26(29)21-9-7-20(8-10-21)19(3)28;1-17-14-22(10-12-24(17)30-6)27(4,5)23-11-13-25(18(2)15-23)31-26(29)21-9-7-8-20(16-21)19(3)28/h7-20H,1-6H3;2*7-16H,1-6H3. The van der Waals surface area contributed by atoms with Gasteiger partial charge in [-0.1, -0.05) is 139 Å². The molecule has 514 valence electrons. The fraction of sp³-hybridized carbons (Fsp3) is 0.241. The number of carbonyl (C=O) groups is 6. The van der Waals surface area contributed by atoms with Gasteiger partial charge in [0.2, 0.25) is 0 Å². The van der Waals surface area contributed by atoms with Gasteiger partial charge in [-0.2, -0.15) is 0 Å². The van der Waals surface area contributed by atoms with Crippen LogP contribution in [0.3, 0.4) is 0 Å². The van der Waals surface area contributed by atoms with Crippen LogP contribution >= 0.6 is 0 Å². The van der Waals surface area contributed by atoms with Gasteiger partial charge >= 0.3 is 17.9 Å². The molecule has 0 aliphatic carbocycles. The van der Waals surface area contributed by atoms with Crippen LogP contribution in [0.2, 0.25) is 0 Å². The van der Waals surface area contributed by atoms with Crippen LogP contribution in [0.25, 0.3) is 0 Å². The van der Waals surface area contributed by atoms with Crippen molar-refractivity contribution in [2.75, 3.05) is 21.3 Å². The van der Waals surface area contributed by atoms with Crippen LogP contribution < -0.4 is 33.2 Å². The maximum atomic E-state index is 12.8. The third kappa shape index (κ3) is 17.9. The van der Waals surface area contributed by atoms with Crippen molar-refractivity contribution in [3.63, 3.8) is 0 Å². The van der Waals surface area contributed by atoms with E-state index in [1.807, 2.05) is 102 Å². The quantitative estimate of drug-likeness (QED) is 0.0402. The summed E-state index contributed by atoms with van der Waals surface area (Å²) in [6.45, 7) is 29.4. The lowest BCUT2D eigenvalue weighted by Crippen LogP contribution is -2.19. The summed E-state index contributed by atoms with van der Waals surface area (Å²) in [6, 6.07) is 63.1. The highest BCUT2D eigenvalue weighted by atomic mass is 16.5. The Morgan fingerprint density at radius 2 is 0.490 bits per heavy atom. The van der Waals surface area contributed by atoms with Gasteiger partial charge in [0.15, 0.2) is 17.3 Å². The summed E-state index contributed by atoms with van der Waals surface area (Å²) in [6.07, 6.45) is 0. The summed E-state index contributed by atoms with van der Waals surface area (Å²) in [5.41, 5.74) is 14.9. The van der Waals surface area contributed by atoms with Crippen molar-refractivity contribution >= 4 is 35.3 Å². The van der Waals surface area contributed by atoms with E-state index in [1.54, 1.807) is 118 Å². The lowest BCUT2D eigenvalue weighted by Gasteiger charge is -2.27. The van der Waals surface area contributed by atoms with E-state index >= 15 is 0 Å². The summed E-state index contributed by atoms with van der Waals surface area (Å²) >= 11 is 0. The largest absolute Gasteiger partial charge is 0.496 e. The molecule has 0 saturated heterocycles. The number of esters is 3. The molecule has 0 aliphatic heterocycles. The number of ketones is 3. The van der Waals surface area contributed by atoms with E-state index in [-0.39, 0.29) is 33.6 Å². The SMILES string of the molecule is COc1ccc(C(C)(C)c2ccc(OC(=O)c3ccc(C(C)=O)cc3)c(C)c2)cc1C.COc1ccc(C(C)(C)c2ccc(OC(=O)c3ccc(Oc4ccc(C(C)=O)cc4)cc3)c(C)c2)cc1C.COc1ccc(C(C)(C)c2ccc(OC(=O)c3cccc(C(C)=O)c3)c(C)c2)cc1C. The van der Waals surface area contributed by atoms with E-state index in [0.717, 1.165) is 67.3 Å². The number of aryl methyl sites for hydroxylation is 6. The Balaban J connectivity index is 0.000000192. The minimum Gasteiger partial charge on any atom is -0.496 e. The van der Waals surface area contributed by atoms with E-state index in [4.69, 9.17) is 33.2 Å². The van der Waals surface area contributed by atoms with Crippen LogP contribution in [-0.2, 0) is 16.2 Å². The zero-order valence-electron chi connectivity index (χ0n) is 60.4. The molecule has 0 atom stereocenters. The highest BCUT2D eigenvalue weighted by Crippen LogP contribution is 2.40. The highest BCUT2D eigenvalue weighted by molar-refractivity contribution is 5.99. The number of hydrogen-bond donors (Lipinski definition) is 0. The summed E-state index contributed by atoms with van der Waals surface area (Å²) in [5, 5.41) is 0. The smallest absolute Gasteiger partial charge is 0.343 e. The lowest BCUT2D eigenvalue weighted by molar-refractivity contribution is 0.0724. The number of Topliss-reactive ketones (excluding diaryl/α,β-unsaturated/α-hetero) is 3. The second-order valence-corrected chi connectivity index (χ2v) is 26.5. The minimum absolute atomic E-state index is 0.000303. The second-order valence-electron chi connectivity index (χ2n) is 26.5. The fourth-order valence-electron chi connectivity index (χ4n) is 11.5. The molecule has 0 aliphatic rings. The Hall–Kier alpha value is -11.2. The van der Waals surface area contributed by atoms with Crippen LogP contribution in [-0.4, -0.2) is 56.6 Å². The Labute approximate surface area is 588 Å². The molecule has 10 aromatic carbocycles. The van der Waals surface area contributed by atoms with Crippen LogP contribution in [0.1, 0.15) is 191 Å². The van der Waals surface area contributed by atoms with Gasteiger partial charge in [0, 0.05) is 32.9 Å². The zero-order valence-corrected chi connectivity index (χ0v) is 60.4. The molecule has 10 aromatic rings. The van der Waals surface area contributed by atoms with Gasteiger partial charge in [0.25, 0.3) is 0 Å². The molecule has 13 heteroatoms. The van der Waals surface area contributed by atoms with Gasteiger partial charge in [-0.05, 0) is 238 Å². The van der Waals surface area contributed by atoms with Gasteiger partial charge in [-0.15, -0.1) is 0 Å². The van der Waals surface area contributed by atoms with Crippen molar-refractivity contribution in [3.05, 3.63) is 306 Å². The highest BCUT2D eigenvalue weighted by Gasteiger charge is 2.29. The van der Waals surface area contributed by atoms with E-state index in [0.29, 0.717) is 62.1 Å². The Morgan fingerprint density at radius 1 is 0.260 bits per heavy atom. The summed E-state index contributed by atoms with van der Waals surface area (Å²) in [7, 11) is 5.02. The molecule has 0 unspecified atom stereocenters. The molecule has 10 rings (SSSR count). The molecule has 0 fully saturated rings. The minimum atomic E-state index is -0.482. The van der Waals surface area contributed by atoms with Crippen molar-refractivity contribution < 1.29 is 61.9 Å². The Morgan fingerprint density at radius 3 is 0.750 bits per heavy atom. The Bertz CT molecular complexity index is 4670. The van der Waals surface area contributed by atoms with Gasteiger partial charge in [-0.25, -0.2) is 14.4 Å². The molecule has 0 saturated carbocycles. The average Bonchev–Trinajstić information content (AvgIpc) is 0.798. The second kappa shape index (κ2) is 32.0. The summed E-state index contributed by atoms with van der Waals surface area (Å²) in [4.78, 5) is 72.4. The first-order chi connectivity index (χ1) is 47.3. The molecule has 0 radical (unpaired) electrons. The molecular weight excluding hydrogens is 1250 g/mol. The molecule has 0 amide bonds. The van der Waals surface area contributed by atoms with Crippen LogP contribution in [0, 0.1) is 41.5 Å². The number of carbonyl (C=O) groups excluding carboxylic acids is 6. The van der Waals surface area contributed by atoms with Crippen molar-refractivity contribution in [2.45, 2.75) is 120 Å². The monoisotopic (exact) mass is 1340 g/mol. The molecule has 0 heterocycles. The first-order valence-electron chi connectivity index (χ1n) is 32.9. The van der Waals surface area contributed by atoms with Crippen LogP contribution in [0.5, 0.6) is 46.0 Å². The number of rotatable bonds is 20. The van der Waals surface area contributed by atoms with Gasteiger partial charge in [-0.3, -0.25) is 14.4 Å². The van der Waals surface area contributed by atoms with Crippen LogP contribution in [0.4, 0.5) is 0 Å². The molecule has 100 heavy (non-hydrogen) atoms. The fourth-order valence-corrected chi connectivity index (χ4v) is 11.5. The van der Waals surface area contributed by atoms with Gasteiger partial charge < -0.3 is 33.2 Å². The summed E-state index contributed by atoms with van der Waals surface area (Å²) < 4.78 is 38.9. The number of ether oxygens (including phenoxy) is 7. The van der Waals surface area contributed by atoms with Crippen LogP contribution in [0.15, 0.2) is 206 Å². The normalized spacial score (nSPS) is 11.1. The predicted octanol–water partition coefficient (Wildman–Crippen LogP) is 20.0. The molecule has 13 nitrogen and oxygen atoms in total. The molecule has 0 aromatic heterocycles. The third-order valence-corrected chi connectivity index (χ3v) is 18.3. The van der Waals surface area contributed by atoms with E-state index in [1.165, 1.54) is 37.5 Å². The maximum Gasteiger partial charge on any atom is 0.343 e. The van der Waals surface area contributed by atoms with Crippen molar-refractivity contribution in [1.82, 2.24) is 0 Å². The third-order valence-electron chi connectivity index (χ3n) is 18.3. The van der Waals surface area contributed by atoms with Crippen molar-refractivity contribution in [1.29, 1.82) is 0 Å². The van der Waals surface area contributed by atoms with E-state index < -0.39 is 17.9 Å². The predicted molar refractivity (Wildman–Crippen MR) is 394 cm³/mol. The maximum absolute atomic E-state index is 12.8. The average molecular weight is 1340 g/mol. The Kier molecular flexibility index (Phi) is 23.9. The lowest BCUT2D eigenvalue weighted by atomic mass is 9.77. The topological polar surface area (TPSA) is 167 Å². The number of hydrogen-bond acceptors (Lipinski definition) is 13. The molecule has 0 bridgehead atoms. The number of methoxy groups -OCH3 is 3. The van der Waals surface area contributed by atoms with E-state index in [2.05, 4.69) is 90.1 Å². The first-order valence-corrected chi connectivity index (χ1v) is 32.9. The first kappa shape index (κ1) is 74.6. The molecule has 0 N–H and O–H groups in total. The van der Waals surface area contributed by atoms with Crippen molar-refractivity contribution in [3.8, 4) is 46.0 Å². The van der Waals surface area contributed by atoms with Crippen molar-refractivity contribution in [2.24, 2.45) is 0 Å². The molecular formula is C87H88O13. The zero-order chi connectivity index (χ0) is 73.0. The molecule has 0 spiro atoms. The van der Waals surface area contributed by atoms with Gasteiger partial charge in [0.05, 0.1) is 38.0 Å². The van der Waals surface area contributed by atoms with Gasteiger partial charge in [0.1, 0.15) is 46.0 Å².